The van der Waals surface area contributed by atoms with Crippen LogP contribution in [0.1, 0.15) is 57.4 Å². The Labute approximate surface area is 204 Å². The highest BCUT2D eigenvalue weighted by Crippen LogP contribution is 2.48. The van der Waals surface area contributed by atoms with E-state index in [-0.39, 0.29) is 12.3 Å². The quantitative estimate of drug-likeness (QED) is 0.603. The number of Topliss-reactive ketones (excluding diaryl/α,β-unsaturated/α-hetero) is 1. The average molecular weight is 487 g/mol. The Kier molecular flexibility index (Phi) is 6.85. The van der Waals surface area contributed by atoms with Crippen LogP contribution in [0.4, 0.5) is 13.6 Å². The summed E-state index contributed by atoms with van der Waals surface area (Å²) in [6.45, 7) is 2.59. The van der Waals surface area contributed by atoms with Crippen molar-refractivity contribution in [2.45, 2.75) is 70.4 Å². The second kappa shape index (κ2) is 9.56. The van der Waals surface area contributed by atoms with Gasteiger partial charge in [-0.15, -0.1) is 0 Å². The molecule has 2 aliphatic heterocycles. The molecule has 0 aromatic heterocycles. The van der Waals surface area contributed by atoms with Gasteiger partial charge in [-0.05, 0) is 44.6 Å². The lowest BCUT2D eigenvalue weighted by molar-refractivity contribution is -0.138. The smallest absolute Gasteiger partial charge is 0.317 e. The summed E-state index contributed by atoms with van der Waals surface area (Å²) in [5, 5.41) is 11.8. The van der Waals surface area contributed by atoms with Crippen molar-refractivity contribution < 1.29 is 23.2 Å². The molecule has 2 heterocycles. The standard InChI is InChI=1S/C26H32F2N4O3/c1-24(27,28)15-20(21(33)16-25(18-29)7-8-25)30-23(35)31-12-9-26(10-13-31)11-14-32(22(26)34)17-19-5-3-2-4-6-19/h2-6,20H,7-17H2,1H3,(H,30,35)/t20-/m0/s1. The van der Waals surface area contributed by atoms with Crippen molar-refractivity contribution in [2.24, 2.45) is 10.8 Å². The van der Waals surface area contributed by atoms with Crippen molar-refractivity contribution >= 4 is 17.7 Å². The number of halogens is 2. The van der Waals surface area contributed by atoms with Gasteiger partial charge in [0, 0.05) is 39.0 Å². The number of alkyl halides is 2. The summed E-state index contributed by atoms with van der Waals surface area (Å²) in [4.78, 5) is 42.2. The number of urea groups is 1. The fourth-order valence-electron chi connectivity index (χ4n) is 5.23. The summed E-state index contributed by atoms with van der Waals surface area (Å²) in [6.07, 6.45) is 1.95. The number of ketones is 1. The molecule has 4 rings (SSSR count). The zero-order valence-electron chi connectivity index (χ0n) is 20.1. The molecule has 3 fully saturated rings. The van der Waals surface area contributed by atoms with Gasteiger partial charge in [0.2, 0.25) is 11.8 Å². The number of amides is 3. The van der Waals surface area contributed by atoms with Crippen molar-refractivity contribution in [1.29, 1.82) is 5.26 Å². The first-order chi connectivity index (χ1) is 16.5. The van der Waals surface area contributed by atoms with Gasteiger partial charge in [-0.25, -0.2) is 13.6 Å². The highest BCUT2D eigenvalue weighted by molar-refractivity contribution is 5.90. The van der Waals surface area contributed by atoms with Gasteiger partial charge >= 0.3 is 6.03 Å². The summed E-state index contributed by atoms with van der Waals surface area (Å²) >= 11 is 0. The summed E-state index contributed by atoms with van der Waals surface area (Å²) in [5.41, 5.74) is -0.195. The monoisotopic (exact) mass is 486 g/mol. The van der Waals surface area contributed by atoms with Crippen LogP contribution in [0, 0.1) is 22.2 Å². The van der Waals surface area contributed by atoms with Gasteiger partial charge in [-0.1, -0.05) is 30.3 Å². The molecular weight excluding hydrogens is 454 g/mol. The van der Waals surface area contributed by atoms with E-state index in [0.717, 1.165) is 12.0 Å². The Bertz CT molecular complexity index is 1010. The van der Waals surface area contributed by atoms with Crippen LogP contribution in [0.15, 0.2) is 30.3 Å². The fraction of sp³-hybridized carbons (Fsp3) is 0.615. The minimum absolute atomic E-state index is 0.103. The molecule has 1 spiro atoms. The predicted octanol–water partition coefficient (Wildman–Crippen LogP) is 3.89. The van der Waals surface area contributed by atoms with E-state index in [2.05, 4.69) is 11.4 Å². The van der Waals surface area contributed by atoms with Crippen molar-refractivity contribution in [3.05, 3.63) is 35.9 Å². The SMILES string of the molecule is CC(F)(F)C[C@H](NC(=O)N1CCC2(CC1)CCN(Cc1ccccc1)C2=O)C(=O)CC1(C#N)CC1. The highest BCUT2D eigenvalue weighted by atomic mass is 19.3. The molecule has 1 atom stereocenters. The largest absolute Gasteiger partial charge is 0.338 e. The van der Waals surface area contributed by atoms with Gasteiger partial charge in [0.05, 0.1) is 22.9 Å². The van der Waals surface area contributed by atoms with Crippen LogP contribution < -0.4 is 5.32 Å². The van der Waals surface area contributed by atoms with E-state index < -0.39 is 41.0 Å². The van der Waals surface area contributed by atoms with Crippen LogP contribution >= 0.6 is 0 Å². The third-order valence-electron chi connectivity index (χ3n) is 7.68. The van der Waals surface area contributed by atoms with Crippen LogP contribution in [0.2, 0.25) is 0 Å². The van der Waals surface area contributed by atoms with Crippen LogP contribution in [0.25, 0.3) is 0 Å². The second-order valence-electron chi connectivity index (χ2n) is 10.5. The van der Waals surface area contributed by atoms with E-state index in [0.29, 0.717) is 58.8 Å². The maximum absolute atomic E-state index is 13.8. The van der Waals surface area contributed by atoms with Gasteiger partial charge in [0.15, 0.2) is 5.78 Å². The molecule has 1 saturated carbocycles. The minimum Gasteiger partial charge on any atom is -0.338 e. The first-order valence-electron chi connectivity index (χ1n) is 12.3. The molecule has 0 bridgehead atoms. The summed E-state index contributed by atoms with van der Waals surface area (Å²) < 4.78 is 27.5. The molecular formula is C26H32F2N4O3. The Morgan fingerprint density at radius 2 is 1.74 bits per heavy atom. The van der Waals surface area contributed by atoms with Crippen molar-refractivity contribution in [1.82, 2.24) is 15.1 Å². The molecule has 2 saturated heterocycles. The van der Waals surface area contributed by atoms with E-state index in [1.165, 1.54) is 4.90 Å². The van der Waals surface area contributed by atoms with Gasteiger partial charge in [0.1, 0.15) is 0 Å². The zero-order valence-corrected chi connectivity index (χ0v) is 20.1. The minimum atomic E-state index is -3.14. The number of hydrogen-bond acceptors (Lipinski definition) is 4. The third-order valence-corrected chi connectivity index (χ3v) is 7.68. The van der Waals surface area contributed by atoms with Gasteiger partial charge < -0.3 is 15.1 Å². The van der Waals surface area contributed by atoms with Crippen molar-refractivity contribution in [3.8, 4) is 6.07 Å². The number of piperidine rings is 1. The number of nitrogens with one attached hydrogen (secondary N) is 1. The molecule has 188 valence electrons. The lowest BCUT2D eigenvalue weighted by Crippen LogP contribution is -2.53. The van der Waals surface area contributed by atoms with E-state index in [9.17, 15) is 28.4 Å². The van der Waals surface area contributed by atoms with E-state index in [1.807, 2.05) is 35.2 Å². The Balaban J connectivity index is 1.34. The number of carbonyl (C=O) groups excluding carboxylic acids is 3. The molecule has 1 aromatic rings. The number of benzene rings is 1. The van der Waals surface area contributed by atoms with E-state index in [1.54, 1.807) is 0 Å². The zero-order chi connectivity index (χ0) is 25.3. The van der Waals surface area contributed by atoms with Crippen molar-refractivity contribution in [3.63, 3.8) is 0 Å². The number of carbonyl (C=O) groups is 3. The van der Waals surface area contributed by atoms with Crippen LogP contribution in [-0.4, -0.2) is 59.1 Å². The third kappa shape index (κ3) is 5.80. The van der Waals surface area contributed by atoms with Gasteiger partial charge in [-0.2, -0.15) is 5.26 Å². The van der Waals surface area contributed by atoms with Gasteiger partial charge in [0.25, 0.3) is 0 Å². The molecule has 1 N–H and O–H groups in total. The highest BCUT2D eigenvalue weighted by Gasteiger charge is 2.49. The predicted molar refractivity (Wildman–Crippen MR) is 124 cm³/mol. The molecule has 35 heavy (non-hydrogen) atoms. The summed E-state index contributed by atoms with van der Waals surface area (Å²) in [7, 11) is 0. The number of nitrogens with zero attached hydrogens (tertiary/aromatic N) is 3. The first kappa shape index (κ1) is 25.1. The molecule has 1 aromatic carbocycles. The fourth-order valence-corrected chi connectivity index (χ4v) is 5.23. The van der Waals surface area contributed by atoms with Gasteiger partial charge in [-0.3, -0.25) is 9.59 Å². The molecule has 0 unspecified atom stereocenters. The van der Waals surface area contributed by atoms with Crippen LogP contribution in [-0.2, 0) is 16.1 Å². The Morgan fingerprint density at radius 1 is 1.11 bits per heavy atom. The molecule has 1 aliphatic carbocycles. The number of nitriles is 1. The molecule has 7 nitrogen and oxygen atoms in total. The maximum Gasteiger partial charge on any atom is 0.317 e. The van der Waals surface area contributed by atoms with Crippen LogP contribution in [0.5, 0.6) is 0 Å². The number of hydrogen-bond donors (Lipinski definition) is 1. The Hall–Kier alpha value is -3.02. The normalized spacial score (nSPS) is 21.5. The van der Waals surface area contributed by atoms with Crippen LogP contribution in [0.3, 0.4) is 0 Å². The summed E-state index contributed by atoms with van der Waals surface area (Å²) in [5.74, 6) is -3.57. The van der Waals surface area contributed by atoms with Crippen molar-refractivity contribution in [2.75, 3.05) is 19.6 Å². The Morgan fingerprint density at radius 3 is 2.31 bits per heavy atom. The number of rotatable bonds is 8. The maximum atomic E-state index is 13.8. The molecule has 3 aliphatic rings. The first-order valence-corrected chi connectivity index (χ1v) is 12.3. The topological polar surface area (TPSA) is 93.5 Å². The molecule has 3 amide bonds. The van der Waals surface area contributed by atoms with E-state index >= 15 is 0 Å². The lowest BCUT2D eigenvalue weighted by Gasteiger charge is -2.38. The second-order valence-corrected chi connectivity index (χ2v) is 10.5. The number of likely N-dealkylation sites (tertiary alicyclic amines) is 2. The molecule has 0 radical (unpaired) electrons. The lowest BCUT2D eigenvalue weighted by atomic mass is 9.77. The van der Waals surface area contributed by atoms with E-state index in [4.69, 9.17) is 0 Å². The average Bonchev–Trinajstić information content (AvgIpc) is 3.54. The molecule has 9 heteroatoms. The summed E-state index contributed by atoms with van der Waals surface area (Å²) in [6, 6.07) is 9.98.